The third kappa shape index (κ3) is 3.48. The Morgan fingerprint density at radius 3 is 2.92 bits per heavy atom. The van der Waals surface area contributed by atoms with Crippen LogP contribution in [0.5, 0.6) is 0 Å². The summed E-state index contributed by atoms with van der Waals surface area (Å²) in [5, 5.41) is 4.52. The van der Waals surface area contributed by atoms with Crippen molar-refractivity contribution in [1.82, 2.24) is 29.6 Å². The van der Waals surface area contributed by atoms with Gasteiger partial charge in [-0.2, -0.15) is 5.10 Å². The molecule has 0 aliphatic carbocycles. The molecule has 0 fully saturated rings. The van der Waals surface area contributed by atoms with Crippen molar-refractivity contribution < 1.29 is 4.79 Å². The first-order valence-electron chi connectivity index (χ1n) is 7.75. The molecule has 0 bridgehead atoms. The van der Waals surface area contributed by atoms with Crippen LogP contribution in [0.3, 0.4) is 0 Å². The van der Waals surface area contributed by atoms with Crippen LogP contribution >= 0.6 is 0 Å². The maximum absolute atomic E-state index is 12.4. The van der Waals surface area contributed by atoms with Crippen molar-refractivity contribution in [3.8, 4) is 0 Å². The minimum absolute atomic E-state index is 0.0243. The average Bonchev–Trinajstić information content (AvgIpc) is 3.11. The molecule has 0 atom stereocenters. The number of H-pyrrole nitrogens is 1. The van der Waals surface area contributed by atoms with Gasteiger partial charge in [0, 0.05) is 13.0 Å². The lowest BCUT2D eigenvalue weighted by Gasteiger charge is -2.20. The molecule has 0 radical (unpaired) electrons. The molecule has 1 amide bonds. The Morgan fingerprint density at radius 2 is 2.17 bits per heavy atom. The molecule has 3 aromatic rings. The molecule has 0 spiro atoms. The van der Waals surface area contributed by atoms with Gasteiger partial charge in [-0.25, -0.2) is 9.97 Å². The molecule has 1 aromatic carbocycles. The summed E-state index contributed by atoms with van der Waals surface area (Å²) in [5.74, 6) is 0.457. The average molecular weight is 326 g/mol. The molecule has 0 saturated heterocycles. The van der Waals surface area contributed by atoms with Crippen LogP contribution in [0, 0.1) is 0 Å². The first-order chi connectivity index (χ1) is 11.7. The highest BCUT2D eigenvalue weighted by molar-refractivity contribution is 5.77. The van der Waals surface area contributed by atoms with E-state index >= 15 is 0 Å². The first kappa shape index (κ1) is 15.9. The minimum Gasteiger partial charge on any atom is -0.335 e. The number of para-hydroxylation sites is 1. The maximum Gasteiger partial charge on any atom is 0.258 e. The summed E-state index contributed by atoms with van der Waals surface area (Å²) in [6.45, 7) is 3.17. The van der Waals surface area contributed by atoms with E-state index in [1.54, 1.807) is 34.1 Å². The fourth-order valence-corrected chi connectivity index (χ4v) is 2.48. The lowest BCUT2D eigenvalue weighted by atomic mass is 10.2. The largest absolute Gasteiger partial charge is 0.335 e. The predicted octanol–water partition coefficient (Wildman–Crippen LogP) is 0.953. The lowest BCUT2D eigenvalue weighted by Crippen LogP contribution is -2.32. The Hall–Kier alpha value is -3.03. The Morgan fingerprint density at radius 1 is 1.33 bits per heavy atom. The number of carbonyl (C=O) groups is 1. The van der Waals surface area contributed by atoms with E-state index in [-0.39, 0.29) is 18.0 Å². The van der Waals surface area contributed by atoms with Crippen LogP contribution in [-0.4, -0.2) is 42.1 Å². The van der Waals surface area contributed by atoms with Gasteiger partial charge in [-0.1, -0.05) is 12.1 Å². The van der Waals surface area contributed by atoms with Crippen molar-refractivity contribution in [2.75, 3.05) is 6.54 Å². The Labute approximate surface area is 138 Å². The zero-order valence-corrected chi connectivity index (χ0v) is 13.3. The Kier molecular flexibility index (Phi) is 4.64. The van der Waals surface area contributed by atoms with Gasteiger partial charge in [0.1, 0.15) is 18.5 Å². The summed E-state index contributed by atoms with van der Waals surface area (Å²) < 4.78 is 1.61. The quantitative estimate of drug-likeness (QED) is 0.727. The fraction of sp³-hybridized carbons (Fsp3) is 0.312. The van der Waals surface area contributed by atoms with Gasteiger partial charge >= 0.3 is 0 Å². The minimum atomic E-state index is -0.193. The number of aromatic nitrogens is 5. The number of aromatic amines is 1. The monoisotopic (exact) mass is 326 g/mol. The van der Waals surface area contributed by atoms with E-state index in [0.29, 0.717) is 36.2 Å². The second-order valence-electron chi connectivity index (χ2n) is 5.35. The van der Waals surface area contributed by atoms with E-state index in [9.17, 15) is 9.59 Å². The lowest BCUT2D eigenvalue weighted by molar-refractivity contribution is -0.132. The third-order valence-electron chi connectivity index (χ3n) is 3.76. The number of carbonyl (C=O) groups excluding carboxylic acids is 1. The Balaban J connectivity index is 1.72. The number of rotatable bonds is 6. The molecule has 0 aliphatic rings. The van der Waals surface area contributed by atoms with Gasteiger partial charge in [0.05, 0.1) is 24.0 Å². The number of nitrogens with one attached hydrogen (secondary N) is 1. The van der Waals surface area contributed by atoms with Gasteiger partial charge in [-0.3, -0.25) is 14.3 Å². The van der Waals surface area contributed by atoms with Crippen molar-refractivity contribution in [3.05, 3.63) is 53.1 Å². The van der Waals surface area contributed by atoms with Crippen molar-refractivity contribution in [2.45, 2.75) is 26.4 Å². The number of benzene rings is 1. The fourth-order valence-electron chi connectivity index (χ4n) is 2.48. The van der Waals surface area contributed by atoms with Crippen molar-refractivity contribution >= 4 is 16.8 Å². The molecular formula is C16H18N6O2. The molecular weight excluding hydrogens is 308 g/mol. The topological polar surface area (TPSA) is 96.8 Å². The van der Waals surface area contributed by atoms with Crippen LogP contribution in [0.4, 0.5) is 0 Å². The molecule has 1 N–H and O–H groups in total. The van der Waals surface area contributed by atoms with E-state index in [4.69, 9.17) is 0 Å². The van der Waals surface area contributed by atoms with E-state index in [0.717, 1.165) is 0 Å². The van der Waals surface area contributed by atoms with E-state index in [1.807, 2.05) is 13.0 Å². The third-order valence-corrected chi connectivity index (χ3v) is 3.76. The molecule has 2 aromatic heterocycles. The molecule has 0 saturated carbocycles. The summed E-state index contributed by atoms with van der Waals surface area (Å²) in [6, 6.07) is 7.15. The van der Waals surface area contributed by atoms with Crippen molar-refractivity contribution in [1.29, 1.82) is 0 Å². The summed E-state index contributed by atoms with van der Waals surface area (Å²) >= 11 is 0. The van der Waals surface area contributed by atoms with Gasteiger partial charge in [-0.15, -0.1) is 0 Å². The number of nitrogens with zero attached hydrogens (tertiary/aromatic N) is 5. The second-order valence-corrected chi connectivity index (χ2v) is 5.35. The predicted molar refractivity (Wildman–Crippen MR) is 88.1 cm³/mol. The molecule has 124 valence electrons. The summed E-state index contributed by atoms with van der Waals surface area (Å²) in [4.78, 5) is 37.2. The highest BCUT2D eigenvalue weighted by Gasteiger charge is 2.14. The highest BCUT2D eigenvalue weighted by atomic mass is 16.2. The van der Waals surface area contributed by atoms with Crippen molar-refractivity contribution in [3.63, 3.8) is 0 Å². The second kappa shape index (κ2) is 7.03. The Bertz CT molecular complexity index is 887. The van der Waals surface area contributed by atoms with Crippen LogP contribution in [-0.2, 0) is 17.9 Å². The summed E-state index contributed by atoms with van der Waals surface area (Å²) in [5.41, 5.74) is 0.434. The SMILES string of the molecule is CCN(Cc1nc2ccccc2c(=O)[nH]1)C(=O)CCn1cncn1. The number of fused-ring (bicyclic) bond motifs is 1. The molecule has 3 rings (SSSR count). The first-order valence-corrected chi connectivity index (χ1v) is 7.75. The van der Waals surface area contributed by atoms with Gasteiger partial charge in [0.25, 0.3) is 5.56 Å². The zero-order chi connectivity index (χ0) is 16.9. The molecule has 8 nitrogen and oxygen atoms in total. The number of amides is 1. The van der Waals surface area contributed by atoms with Gasteiger partial charge in [0.15, 0.2) is 0 Å². The molecule has 24 heavy (non-hydrogen) atoms. The standard InChI is InChI=1S/C16H18N6O2/c1-2-21(15(23)7-8-22-11-17-10-18-22)9-14-19-13-6-4-3-5-12(13)16(24)20-14/h3-6,10-11H,2,7-9H2,1H3,(H,19,20,24). The maximum atomic E-state index is 12.4. The van der Waals surface area contributed by atoms with Crippen LogP contribution in [0.2, 0.25) is 0 Å². The molecule has 8 heteroatoms. The van der Waals surface area contributed by atoms with Gasteiger partial charge in [-0.05, 0) is 19.1 Å². The van der Waals surface area contributed by atoms with Crippen LogP contribution in [0.25, 0.3) is 10.9 Å². The zero-order valence-electron chi connectivity index (χ0n) is 13.3. The number of hydrogen-bond donors (Lipinski definition) is 1. The van der Waals surface area contributed by atoms with Crippen molar-refractivity contribution in [2.24, 2.45) is 0 Å². The van der Waals surface area contributed by atoms with E-state index in [2.05, 4.69) is 20.1 Å². The highest BCUT2D eigenvalue weighted by Crippen LogP contribution is 2.08. The molecule has 2 heterocycles. The van der Waals surface area contributed by atoms with E-state index < -0.39 is 0 Å². The van der Waals surface area contributed by atoms with Gasteiger partial charge in [0.2, 0.25) is 5.91 Å². The van der Waals surface area contributed by atoms with E-state index in [1.165, 1.54) is 6.33 Å². The molecule has 0 unspecified atom stereocenters. The van der Waals surface area contributed by atoms with Gasteiger partial charge < -0.3 is 9.88 Å². The normalized spacial score (nSPS) is 10.9. The van der Waals surface area contributed by atoms with Crippen LogP contribution in [0.15, 0.2) is 41.7 Å². The summed E-state index contributed by atoms with van der Waals surface area (Å²) in [6.07, 6.45) is 3.33. The number of hydrogen-bond acceptors (Lipinski definition) is 5. The number of aryl methyl sites for hydroxylation is 1. The smallest absolute Gasteiger partial charge is 0.258 e. The molecule has 0 aliphatic heterocycles. The summed E-state index contributed by atoms with van der Waals surface area (Å²) in [7, 11) is 0. The van der Waals surface area contributed by atoms with Crippen LogP contribution < -0.4 is 5.56 Å². The van der Waals surface area contributed by atoms with Crippen LogP contribution in [0.1, 0.15) is 19.2 Å².